The van der Waals surface area contributed by atoms with Crippen molar-refractivity contribution in [3.05, 3.63) is 51.9 Å². The molecule has 228 valence electrons. The van der Waals surface area contributed by atoms with Crippen molar-refractivity contribution >= 4 is 35.1 Å². The van der Waals surface area contributed by atoms with Crippen molar-refractivity contribution in [1.82, 2.24) is 30.0 Å². The summed E-state index contributed by atoms with van der Waals surface area (Å²) in [7, 11) is 0. The van der Waals surface area contributed by atoms with Crippen molar-refractivity contribution in [2.45, 2.75) is 76.4 Å². The van der Waals surface area contributed by atoms with Crippen molar-refractivity contribution in [2.75, 3.05) is 45.8 Å². The molecule has 2 aromatic rings. The Kier molecular flexibility index (Phi) is 10.8. The van der Waals surface area contributed by atoms with Crippen LogP contribution in [0.1, 0.15) is 69.0 Å². The van der Waals surface area contributed by atoms with Gasteiger partial charge in [-0.3, -0.25) is 14.7 Å². The Labute approximate surface area is 258 Å². The summed E-state index contributed by atoms with van der Waals surface area (Å²) in [6.07, 6.45) is 10.6. The highest BCUT2D eigenvalue weighted by Gasteiger charge is 2.33. The van der Waals surface area contributed by atoms with Gasteiger partial charge in [0.05, 0.1) is 0 Å². The number of nitrogens with one attached hydrogen (secondary N) is 1. The largest absolute Gasteiger partial charge is 0.472 e. The third-order valence-electron chi connectivity index (χ3n) is 8.71. The van der Waals surface area contributed by atoms with E-state index in [9.17, 15) is 9.59 Å². The van der Waals surface area contributed by atoms with Crippen LogP contribution in [-0.4, -0.2) is 94.6 Å². The number of carbonyl (C=O) groups excluding carboxylic acids is 2. The predicted molar refractivity (Wildman–Crippen MR) is 164 cm³/mol. The van der Waals surface area contributed by atoms with E-state index in [1.54, 1.807) is 29.4 Å². The maximum Gasteiger partial charge on any atom is 0.318 e. The molecule has 3 amide bonds. The van der Waals surface area contributed by atoms with Crippen molar-refractivity contribution in [1.29, 1.82) is 0 Å². The number of aromatic nitrogens is 2. The lowest BCUT2D eigenvalue weighted by atomic mass is 9.92. The average Bonchev–Trinajstić information content (AvgIpc) is 3.73. The summed E-state index contributed by atoms with van der Waals surface area (Å²) >= 11 is 12.6. The number of ether oxygens (including phenoxy) is 1. The number of piperidine rings is 1. The SMILES string of the molecule is CC[C@@H](CN1CCCC1)Oc1nccnc1C1CCN(C(=O)[C@@H](Cc2ccc(Cl)cc2Cl)NC(=O)N2CCCC2)CC1. The van der Waals surface area contributed by atoms with Crippen LogP contribution >= 0.6 is 23.2 Å². The fourth-order valence-electron chi connectivity index (χ4n) is 6.23. The van der Waals surface area contributed by atoms with Gasteiger partial charge in [-0.15, -0.1) is 0 Å². The molecular weight excluding hydrogens is 575 g/mol. The van der Waals surface area contributed by atoms with Gasteiger partial charge in [0.1, 0.15) is 17.8 Å². The van der Waals surface area contributed by atoms with Gasteiger partial charge in [0.25, 0.3) is 0 Å². The first-order valence-electron chi connectivity index (χ1n) is 15.4. The van der Waals surface area contributed by atoms with E-state index in [1.807, 2.05) is 11.0 Å². The monoisotopic (exact) mass is 616 g/mol. The summed E-state index contributed by atoms with van der Waals surface area (Å²) in [5.74, 6) is 0.658. The number of halogens is 2. The number of hydrogen-bond acceptors (Lipinski definition) is 6. The van der Waals surface area contributed by atoms with Crippen LogP contribution in [0.2, 0.25) is 10.0 Å². The van der Waals surface area contributed by atoms with E-state index in [2.05, 4.69) is 22.1 Å². The third-order valence-corrected chi connectivity index (χ3v) is 9.29. The van der Waals surface area contributed by atoms with E-state index < -0.39 is 6.04 Å². The van der Waals surface area contributed by atoms with Crippen molar-refractivity contribution in [3.63, 3.8) is 0 Å². The molecule has 4 heterocycles. The van der Waals surface area contributed by atoms with Gasteiger partial charge >= 0.3 is 6.03 Å². The molecule has 1 aromatic carbocycles. The summed E-state index contributed by atoms with van der Waals surface area (Å²) in [4.78, 5) is 42.2. The van der Waals surface area contributed by atoms with E-state index in [0.29, 0.717) is 48.5 Å². The number of nitrogens with zero attached hydrogens (tertiary/aromatic N) is 5. The van der Waals surface area contributed by atoms with E-state index in [4.69, 9.17) is 32.9 Å². The topological polar surface area (TPSA) is 90.9 Å². The van der Waals surface area contributed by atoms with Crippen molar-refractivity contribution in [3.8, 4) is 5.88 Å². The highest BCUT2D eigenvalue weighted by atomic mass is 35.5. The van der Waals surface area contributed by atoms with Crippen LogP contribution in [0, 0.1) is 0 Å². The molecule has 1 N–H and O–H groups in total. The van der Waals surface area contributed by atoms with Crippen LogP contribution < -0.4 is 10.1 Å². The van der Waals surface area contributed by atoms with Gasteiger partial charge in [-0.25, -0.2) is 9.78 Å². The number of rotatable bonds is 10. The van der Waals surface area contributed by atoms with Crippen LogP contribution in [0.3, 0.4) is 0 Å². The molecule has 1 aromatic heterocycles. The summed E-state index contributed by atoms with van der Waals surface area (Å²) in [6, 6.07) is 4.32. The van der Waals surface area contributed by atoms with Crippen molar-refractivity contribution < 1.29 is 14.3 Å². The molecule has 0 aliphatic carbocycles. The highest BCUT2D eigenvalue weighted by Crippen LogP contribution is 2.33. The molecule has 0 unspecified atom stereocenters. The molecule has 5 rings (SSSR count). The number of carbonyl (C=O) groups is 2. The number of likely N-dealkylation sites (tertiary alicyclic amines) is 3. The Morgan fingerprint density at radius 2 is 1.67 bits per heavy atom. The van der Waals surface area contributed by atoms with Crippen LogP contribution in [0.5, 0.6) is 5.88 Å². The second-order valence-electron chi connectivity index (χ2n) is 11.6. The molecule has 42 heavy (non-hydrogen) atoms. The summed E-state index contributed by atoms with van der Waals surface area (Å²) in [6.45, 7) is 7.85. The van der Waals surface area contributed by atoms with Crippen LogP contribution in [0.25, 0.3) is 0 Å². The van der Waals surface area contributed by atoms with Gasteiger partial charge in [-0.05, 0) is 75.7 Å². The van der Waals surface area contributed by atoms with Gasteiger partial charge < -0.3 is 19.9 Å². The quantitative estimate of drug-likeness (QED) is 0.396. The van der Waals surface area contributed by atoms with E-state index in [1.165, 1.54) is 12.8 Å². The first-order valence-corrected chi connectivity index (χ1v) is 16.1. The minimum atomic E-state index is -0.723. The average molecular weight is 618 g/mol. The molecule has 11 heteroatoms. The lowest BCUT2D eigenvalue weighted by Gasteiger charge is -2.35. The van der Waals surface area contributed by atoms with Crippen LogP contribution in [-0.2, 0) is 11.2 Å². The number of benzene rings is 1. The third kappa shape index (κ3) is 7.85. The minimum Gasteiger partial charge on any atom is -0.472 e. The molecule has 0 saturated carbocycles. The van der Waals surface area contributed by atoms with E-state index in [-0.39, 0.29) is 24.0 Å². The van der Waals surface area contributed by atoms with Gasteiger partial charge in [0.15, 0.2) is 0 Å². The van der Waals surface area contributed by atoms with Gasteiger partial charge in [-0.2, -0.15) is 0 Å². The normalized spacial score (nSPS) is 19.6. The fraction of sp³-hybridized carbons (Fsp3) is 0.613. The molecule has 0 bridgehead atoms. The molecule has 0 spiro atoms. The number of hydrogen-bond donors (Lipinski definition) is 1. The van der Waals surface area contributed by atoms with Crippen molar-refractivity contribution in [2.24, 2.45) is 0 Å². The Bertz CT molecular complexity index is 1210. The zero-order valence-corrected chi connectivity index (χ0v) is 26.0. The second-order valence-corrected chi connectivity index (χ2v) is 12.5. The Hall–Kier alpha value is -2.62. The maximum absolute atomic E-state index is 13.9. The molecule has 3 saturated heterocycles. The first-order chi connectivity index (χ1) is 20.4. The van der Waals surface area contributed by atoms with Crippen LogP contribution in [0.15, 0.2) is 30.6 Å². The van der Waals surface area contributed by atoms with Gasteiger partial charge in [0.2, 0.25) is 11.8 Å². The van der Waals surface area contributed by atoms with Crippen LogP contribution in [0.4, 0.5) is 4.79 Å². The molecule has 0 radical (unpaired) electrons. The maximum atomic E-state index is 13.9. The zero-order valence-electron chi connectivity index (χ0n) is 24.4. The summed E-state index contributed by atoms with van der Waals surface area (Å²) in [5.41, 5.74) is 1.65. The smallest absolute Gasteiger partial charge is 0.318 e. The molecule has 3 fully saturated rings. The summed E-state index contributed by atoms with van der Waals surface area (Å²) < 4.78 is 6.43. The molecule has 2 atom stereocenters. The zero-order chi connectivity index (χ0) is 29.5. The highest BCUT2D eigenvalue weighted by molar-refractivity contribution is 6.35. The summed E-state index contributed by atoms with van der Waals surface area (Å²) in [5, 5.41) is 4.03. The Morgan fingerprint density at radius 1 is 0.976 bits per heavy atom. The Balaban J connectivity index is 1.24. The molecular formula is C31H42Cl2N6O3. The van der Waals surface area contributed by atoms with Gasteiger partial charge in [0, 0.05) is 67.5 Å². The lowest BCUT2D eigenvalue weighted by molar-refractivity contribution is -0.134. The molecule has 3 aliphatic rings. The second kappa shape index (κ2) is 14.7. The standard InChI is InChI=1S/C31H42Cl2N6O3/c1-2-25(21-37-13-3-4-14-37)42-29-28(34-11-12-35-29)22-9-17-38(18-10-22)30(40)27(36-31(41)39-15-5-6-16-39)19-23-7-8-24(32)20-26(23)33/h7-8,11-12,20,22,25,27H,2-6,9-10,13-19,21H2,1H3,(H,36,41)/t25-,27+/m0/s1. The minimum absolute atomic E-state index is 0.0693. The number of urea groups is 1. The fourth-order valence-corrected chi connectivity index (χ4v) is 6.71. The van der Waals surface area contributed by atoms with E-state index >= 15 is 0 Å². The lowest BCUT2D eigenvalue weighted by Crippen LogP contribution is -2.54. The molecule has 3 aliphatic heterocycles. The van der Waals surface area contributed by atoms with Gasteiger partial charge in [-0.1, -0.05) is 36.2 Å². The first kappa shape index (κ1) is 30.8. The molecule has 9 nitrogen and oxygen atoms in total. The predicted octanol–water partition coefficient (Wildman–Crippen LogP) is 5.16. The number of amides is 3. The Morgan fingerprint density at radius 3 is 2.36 bits per heavy atom. The van der Waals surface area contributed by atoms with E-state index in [0.717, 1.165) is 63.0 Å².